The van der Waals surface area contributed by atoms with E-state index in [4.69, 9.17) is 5.73 Å². The summed E-state index contributed by atoms with van der Waals surface area (Å²) in [5, 5.41) is 0. The van der Waals surface area contributed by atoms with Crippen LogP contribution in [0.1, 0.15) is 33.3 Å². The molecular weight excluding hydrogens is 241 g/mol. The fraction of sp³-hybridized carbons (Fsp3) is 0.533. The number of hydrogen-bond acceptors (Lipinski definition) is 1. The first-order valence-electron chi connectivity index (χ1n) is 6.71. The highest BCUT2D eigenvalue weighted by Gasteiger charge is 2.20. The Morgan fingerprint density at radius 3 is 2.21 bits per heavy atom. The number of guanidine groups is 1. The van der Waals surface area contributed by atoms with E-state index in [2.05, 4.69) is 32.7 Å². The average molecular weight is 265 g/mol. The molecule has 0 spiro atoms. The molecule has 0 saturated carbocycles. The van der Waals surface area contributed by atoms with Crippen LogP contribution in [-0.2, 0) is 5.41 Å². The van der Waals surface area contributed by atoms with E-state index in [1.807, 2.05) is 4.90 Å². The number of benzene rings is 1. The quantitative estimate of drug-likeness (QED) is 0.657. The first-order chi connectivity index (χ1) is 8.90. The first-order valence-corrected chi connectivity index (χ1v) is 6.71. The predicted molar refractivity (Wildman–Crippen MR) is 78.8 cm³/mol. The van der Waals surface area contributed by atoms with Crippen molar-refractivity contribution in [2.45, 2.75) is 33.1 Å². The van der Waals surface area contributed by atoms with Gasteiger partial charge in [-0.15, -0.1) is 0 Å². The minimum atomic E-state index is -0.217. The van der Waals surface area contributed by atoms with Gasteiger partial charge < -0.3 is 10.6 Å². The SMILES string of the molecule is CCN(CC)C(N)=NCC(C)(C)c1ccc(F)cc1. The van der Waals surface area contributed by atoms with Gasteiger partial charge in [0, 0.05) is 18.5 Å². The van der Waals surface area contributed by atoms with Crippen LogP contribution in [0.5, 0.6) is 0 Å². The van der Waals surface area contributed by atoms with E-state index in [1.165, 1.54) is 12.1 Å². The summed E-state index contributed by atoms with van der Waals surface area (Å²) >= 11 is 0. The van der Waals surface area contributed by atoms with Crippen LogP contribution in [-0.4, -0.2) is 30.5 Å². The topological polar surface area (TPSA) is 41.6 Å². The zero-order chi connectivity index (χ0) is 14.5. The molecule has 0 radical (unpaired) electrons. The molecule has 1 aromatic carbocycles. The summed E-state index contributed by atoms with van der Waals surface area (Å²) in [5.74, 6) is 0.353. The second kappa shape index (κ2) is 6.55. The molecule has 19 heavy (non-hydrogen) atoms. The molecule has 0 amide bonds. The van der Waals surface area contributed by atoms with Crippen molar-refractivity contribution in [2.75, 3.05) is 19.6 Å². The van der Waals surface area contributed by atoms with Gasteiger partial charge in [0.05, 0.1) is 6.54 Å². The third-order valence-electron chi connectivity index (χ3n) is 3.35. The number of hydrogen-bond donors (Lipinski definition) is 1. The van der Waals surface area contributed by atoms with Crippen LogP contribution in [0.4, 0.5) is 4.39 Å². The van der Waals surface area contributed by atoms with Crippen molar-refractivity contribution < 1.29 is 4.39 Å². The predicted octanol–water partition coefficient (Wildman–Crippen LogP) is 2.76. The monoisotopic (exact) mass is 265 g/mol. The molecule has 1 aromatic rings. The van der Waals surface area contributed by atoms with E-state index < -0.39 is 0 Å². The largest absolute Gasteiger partial charge is 0.370 e. The van der Waals surface area contributed by atoms with Crippen LogP contribution in [0.15, 0.2) is 29.3 Å². The summed E-state index contributed by atoms with van der Waals surface area (Å²) < 4.78 is 12.9. The van der Waals surface area contributed by atoms with Crippen molar-refractivity contribution in [2.24, 2.45) is 10.7 Å². The second-order valence-electron chi connectivity index (χ2n) is 5.24. The average Bonchev–Trinajstić information content (AvgIpc) is 2.38. The maximum absolute atomic E-state index is 12.9. The third-order valence-corrected chi connectivity index (χ3v) is 3.35. The van der Waals surface area contributed by atoms with Crippen molar-refractivity contribution >= 4 is 5.96 Å². The zero-order valence-electron chi connectivity index (χ0n) is 12.3. The maximum atomic E-state index is 12.9. The molecular formula is C15H24FN3. The summed E-state index contributed by atoms with van der Waals surface area (Å²) in [6.07, 6.45) is 0. The van der Waals surface area contributed by atoms with E-state index in [-0.39, 0.29) is 11.2 Å². The molecule has 0 bridgehead atoms. The van der Waals surface area contributed by atoms with Crippen LogP contribution in [0.2, 0.25) is 0 Å². The van der Waals surface area contributed by atoms with Gasteiger partial charge in [-0.1, -0.05) is 26.0 Å². The number of nitrogens with two attached hydrogens (primary N) is 1. The van der Waals surface area contributed by atoms with Crippen LogP contribution in [0, 0.1) is 5.82 Å². The molecule has 3 nitrogen and oxygen atoms in total. The summed E-state index contributed by atoms with van der Waals surface area (Å²) in [7, 11) is 0. The fourth-order valence-electron chi connectivity index (χ4n) is 1.92. The van der Waals surface area contributed by atoms with Crippen LogP contribution in [0.25, 0.3) is 0 Å². The molecule has 0 atom stereocenters. The Labute approximate surface area is 115 Å². The highest BCUT2D eigenvalue weighted by molar-refractivity contribution is 5.78. The standard InChI is InChI=1S/C15H24FN3/c1-5-19(6-2)14(17)18-11-15(3,4)12-7-9-13(16)10-8-12/h7-10H,5-6,11H2,1-4H3,(H2,17,18). The molecule has 106 valence electrons. The number of rotatable bonds is 5. The molecule has 0 saturated heterocycles. The molecule has 0 heterocycles. The number of halogens is 1. The lowest BCUT2D eigenvalue weighted by molar-refractivity contribution is 0.451. The van der Waals surface area contributed by atoms with E-state index in [9.17, 15) is 4.39 Å². The van der Waals surface area contributed by atoms with Gasteiger partial charge in [-0.3, -0.25) is 4.99 Å². The summed E-state index contributed by atoms with van der Waals surface area (Å²) in [4.78, 5) is 6.48. The molecule has 0 fully saturated rings. The van der Waals surface area contributed by atoms with Gasteiger partial charge in [-0.25, -0.2) is 4.39 Å². The Morgan fingerprint density at radius 2 is 1.74 bits per heavy atom. The van der Waals surface area contributed by atoms with Crippen molar-refractivity contribution in [1.29, 1.82) is 0 Å². The van der Waals surface area contributed by atoms with Gasteiger partial charge in [0.2, 0.25) is 0 Å². The molecule has 1 rings (SSSR count). The zero-order valence-corrected chi connectivity index (χ0v) is 12.3. The molecule has 0 unspecified atom stereocenters. The minimum absolute atomic E-state index is 0.161. The summed E-state index contributed by atoms with van der Waals surface area (Å²) in [5.41, 5.74) is 6.86. The maximum Gasteiger partial charge on any atom is 0.191 e. The highest BCUT2D eigenvalue weighted by Crippen LogP contribution is 2.23. The molecule has 4 heteroatoms. The number of nitrogens with zero attached hydrogens (tertiary/aromatic N) is 2. The van der Waals surface area contributed by atoms with E-state index in [1.54, 1.807) is 12.1 Å². The van der Waals surface area contributed by atoms with Gasteiger partial charge in [0.15, 0.2) is 5.96 Å². The van der Waals surface area contributed by atoms with Crippen LogP contribution < -0.4 is 5.73 Å². The van der Waals surface area contributed by atoms with E-state index >= 15 is 0 Å². The van der Waals surface area contributed by atoms with E-state index in [0.717, 1.165) is 18.7 Å². The Kier molecular flexibility index (Phi) is 5.33. The normalized spacial score (nSPS) is 12.6. The van der Waals surface area contributed by atoms with Gasteiger partial charge in [0.1, 0.15) is 5.82 Å². The van der Waals surface area contributed by atoms with Crippen LogP contribution >= 0.6 is 0 Å². The smallest absolute Gasteiger partial charge is 0.191 e. The minimum Gasteiger partial charge on any atom is -0.370 e. The number of aliphatic imine (C=N–C) groups is 1. The Bertz CT molecular complexity index is 420. The first kappa shape index (κ1) is 15.5. The molecule has 0 aliphatic heterocycles. The van der Waals surface area contributed by atoms with E-state index in [0.29, 0.717) is 12.5 Å². The van der Waals surface area contributed by atoms with Gasteiger partial charge in [-0.05, 0) is 31.5 Å². The Morgan fingerprint density at radius 1 is 1.21 bits per heavy atom. The molecule has 0 aromatic heterocycles. The summed E-state index contributed by atoms with van der Waals surface area (Å²) in [6.45, 7) is 10.6. The van der Waals surface area contributed by atoms with Crippen molar-refractivity contribution in [3.63, 3.8) is 0 Å². The Hall–Kier alpha value is -1.58. The third kappa shape index (κ3) is 4.23. The van der Waals surface area contributed by atoms with Crippen molar-refractivity contribution in [3.05, 3.63) is 35.6 Å². The van der Waals surface area contributed by atoms with Crippen LogP contribution in [0.3, 0.4) is 0 Å². The van der Waals surface area contributed by atoms with Gasteiger partial charge in [-0.2, -0.15) is 0 Å². The van der Waals surface area contributed by atoms with Gasteiger partial charge in [0.25, 0.3) is 0 Å². The lowest BCUT2D eigenvalue weighted by Gasteiger charge is -2.25. The van der Waals surface area contributed by atoms with Crippen molar-refractivity contribution in [1.82, 2.24) is 4.90 Å². The molecule has 0 aliphatic rings. The Balaban J connectivity index is 2.79. The molecule has 2 N–H and O–H groups in total. The second-order valence-corrected chi connectivity index (χ2v) is 5.24. The van der Waals surface area contributed by atoms with Crippen molar-refractivity contribution in [3.8, 4) is 0 Å². The summed E-state index contributed by atoms with van der Waals surface area (Å²) in [6, 6.07) is 6.57. The molecule has 0 aliphatic carbocycles. The van der Waals surface area contributed by atoms with Gasteiger partial charge >= 0.3 is 0 Å². The highest BCUT2D eigenvalue weighted by atomic mass is 19.1. The lowest BCUT2D eigenvalue weighted by atomic mass is 9.85. The fourth-order valence-corrected chi connectivity index (χ4v) is 1.92. The lowest BCUT2D eigenvalue weighted by Crippen LogP contribution is -2.38.